The normalized spacial score (nSPS) is 12.2. The second kappa shape index (κ2) is 6.08. The highest BCUT2D eigenvalue weighted by atomic mass is 15.0. The summed E-state index contributed by atoms with van der Waals surface area (Å²) in [5.74, 6) is 0. The minimum absolute atomic E-state index is 1.02. The quantitative estimate of drug-likeness (QED) is 0.227. The molecule has 2 heterocycles. The summed E-state index contributed by atoms with van der Waals surface area (Å²) in [7, 11) is 0. The first-order valence-electron chi connectivity index (χ1n) is 11.3. The molecule has 0 radical (unpaired) electrons. The lowest BCUT2D eigenvalue weighted by atomic mass is 9.92. The Morgan fingerprint density at radius 1 is 0.455 bits per heavy atom. The largest absolute Gasteiger partial charge is 0.291 e. The van der Waals surface area contributed by atoms with Gasteiger partial charge in [-0.05, 0) is 44.5 Å². The standard InChI is InChI=1S/C31H18N2/c1-2-10-20-19(9-1)17-18-25-28-23-13-5-3-11-21(23)22-12-4-6-14-24(22)30(28)33-27-16-8-7-15-26(27)32-31(33)29(20)25/h1-18H. The summed E-state index contributed by atoms with van der Waals surface area (Å²) in [4.78, 5) is 5.19. The number of fused-ring (bicyclic) bond motifs is 15. The van der Waals surface area contributed by atoms with Gasteiger partial charge in [0.25, 0.3) is 0 Å². The SMILES string of the molecule is c1ccc2c(c1)ccc1c2c2nc3ccccc3n2c2c3ccccc3c3ccccc3c12. The van der Waals surface area contributed by atoms with Crippen molar-refractivity contribution in [1.29, 1.82) is 0 Å². The second-order valence-corrected chi connectivity index (χ2v) is 8.78. The summed E-state index contributed by atoms with van der Waals surface area (Å²) in [5.41, 5.74) is 4.43. The van der Waals surface area contributed by atoms with Crippen LogP contribution in [0, 0.1) is 0 Å². The second-order valence-electron chi connectivity index (χ2n) is 8.78. The molecule has 8 aromatic rings. The lowest BCUT2D eigenvalue weighted by molar-refractivity contribution is 1.33. The van der Waals surface area contributed by atoms with Gasteiger partial charge in [-0.2, -0.15) is 0 Å². The Labute approximate surface area is 189 Å². The smallest absolute Gasteiger partial charge is 0.147 e. The molecular weight excluding hydrogens is 400 g/mol. The van der Waals surface area contributed by atoms with E-state index in [4.69, 9.17) is 4.98 Å². The fourth-order valence-corrected chi connectivity index (χ4v) is 5.77. The summed E-state index contributed by atoms with van der Waals surface area (Å²) in [6.45, 7) is 0. The zero-order valence-electron chi connectivity index (χ0n) is 17.8. The average Bonchev–Trinajstić information content (AvgIpc) is 3.27. The number of benzene rings is 6. The lowest BCUT2D eigenvalue weighted by Gasteiger charge is -2.16. The molecule has 0 saturated carbocycles. The van der Waals surface area contributed by atoms with Crippen molar-refractivity contribution in [2.75, 3.05) is 0 Å². The first kappa shape index (κ1) is 17.2. The molecule has 0 unspecified atom stereocenters. The summed E-state index contributed by atoms with van der Waals surface area (Å²) < 4.78 is 2.40. The highest BCUT2D eigenvalue weighted by Gasteiger charge is 2.19. The highest BCUT2D eigenvalue weighted by molar-refractivity contribution is 6.34. The molecule has 2 nitrogen and oxygen atoms in total. The van der Waals surface area contributed by atoms with Crippen molar-refractivity contribution in [3.05, 3.63) is 109 Å². The van der Waals surface area contributed by atoms with Gasteiger partial charge in [0.1, 0.15) is 5.65 Å². The van der Waals surface area contributed by atoms with E-state index < -0.39 is 0 Å². The van der Waals surface area contributed by atoms with Crippen LogP contribution in [0.4, 0.5) is 0 Å². The van der Waals surface area contributed by atoms with E-state index in [1.54, 1.807) is 0 Å². The molecule has 0 aliphatic carbocycles. The number of hydrogen-bond acceptors (Lipinski definition) is 1. The van der Waals surface area contributed by atoms with Crippen LogP contribution in [0.3, 0.4) is 0 Å². The number of hydrogen-bond donors (Lipinski definition) is 0. The van der Waals surface area contributed by atoms with Gasteiger partial charge < -0.3 is 0 Å². The van der Waals surface area contributed by atoms with E-state index in [0.29, 0.717) is 0 Å². The minimum atomic E-state index is 1.02. The Kier molecular flexibility index (Phi) is 3.16. The van der Waals surface area contributed by atoms with Crippen LogP contribution in [0.25, 0.3) is 70.7 Å². The third-order valence-electron chi connectivity index (χ3n) is 7.11. The zero-order chi connectivity index (χ0) is 21.5. The van der Waals surface area contributed by atoms with E-state index in [1.165, 1.54) is 54.0 Å². The Morgan fingerprint density at radius 2 is 1.09 bits per heavy atom. The Balaban J connectivity index is 1.87. The minimum Gasteiger partial charge on any atom is -0.291 e. The summed E-state index contributed by atoms with van der Waals surface area (Å²) >= 11 is 0. The van der Waals surface area contributed by atoms with Crippen LogP contribution < -0.4 is 0 Å². The molecular formula is C31H18N2. The van der Waals surface area contributed by atoms with Crippen molar-refractivity contribution in [3.63, 3.8) is 0 Å². The van der Waals surface area contributed by atoms with E-state index in [9.17, 15) is 0 Å². The molecule has 33 heavy (non-hydrogen) atoms. The molecule has 0 fully saturated rings. The van der Waals surface area contributed by atoms with Crippen LogP contribution in [0.15, 0.2) is 109 Å². The van der Waals surface area contributed by atoms with Crippen LogP contribution in [-0.4, -0.2) is 9.38 Å². The third kappa shape index (κ3) is 2.10. The molecule has 0 spiro atoms. The van der Waals surface area contributed by atoms with E-state index in [1.807, 2.05) is 0 Å². The first-order valence-corrected chi connectivity index (χ1v) is 11.3. The van der Waals surface area contributed by atoms with E-state index in [0.717, 1.165) is 16.7 Å². The maximum atomic E-state index is 5.19. The van der Waals surface area contributed by atoms with Crippen molar-refractivity contribution in [2.24, 2.45) is 0 Å². The number of pyridine rings is 1. The molecule has 6 aromatic carbocycles. The summed E-state index contributed by atoms with van der Waals surface area (Å²) in [5, 5.41) is 11.4. The van der Waals surface area contributed by atoms with Gasteiger partial charge in [0, 0.05) is 16.2 Å². The van der Waals surface area contributed by atoms with Gasteiger partial charge in [-0.25, -0.2) is 4.98 Å². The van der Waals surface area contributed by atoms with Gasteiger partial charge in [-0.15, -0.1) is 0 Å². The molecule has 0 amide bonds. The number of imidazole rings is 1. The van der Waals surface area contributed by atoms with Crippen molar-refractivity contribution < 1.29 is 0 Å². The molecule has 2 heteroatoms. The van der Waals surface area contributed by atoms with Crippen LogP contribution >= 0.6 is 0 Å². The molecule has 0 N–H and O–H groups in total. The van der Waals surface area contributed by atoms with E-state index in [-0.39, 0.29) is 0 Å². The number of rotatable bonds is 0. The zero-order valence-corrected chi connectivity index (χ0v) is 17.8. The van der Waals surface area contributed by atoms with E-state index >= 15 is 0 Å². The Morgan fingerprint density at radius 3 is 1.94 bits per heavy atom. The molecule has 0 bridgehead atoms. The Bertz CT molecular complexity index is 2080. The van der Waals surface area contributed by atoms with Crippen molar-refractivity contribution in [1.82, 2.24) is 9.38 Å². The predicted octanol–water partition coefficient (Wildman–Crippen LogP) is 8.25. The summed E-state index contributed by atoms with van der Waals surface area (Å²) in [6, 6.07) is 39.3. The average molecular weight is 418 g/mol. The van der Waals surface area contributed by atoms with Crippen LogP contribution in [0.2, 0.25) is 0 Å². The molecule has 152 valence electrons. The first-order chi connectivity index (χ1) is 16.4. The van der Waals surface area contributed by atoms with Crippen LogP contribution in [0.1, 0.15) is 0 Å². The van der Waals surface area contributed by atoms with Crippen molar-refractivity contribution in [2.45, 2.75) is 0 Å². The van der Waals surface area contributed by atoms with Gasteiger partial charge in [-0.3, -0.25) is 4.40 Å². The molecule has 8 rings (SSSR count). The fourth-order valence-electron chi connectivity index (χ4n) is 5.77. The fraction of sp³-hybridized carbons (Fsp3) is 0. The van der Waals surface area contributed by atoms with Crippen LogP contribution in [0.5, 0.6) is 0 Å². The third-order valence-corrected chi connectivity index (χ3v) is 7.11. The Hall–Kier alpha value is -4.43. The van der Waals surface area contributed by atoms with Gasteiger partial charge in [-0.1, -0.05) is 97.1 Å². The van der Waals surface area contributed by atoms with Gasteiger partial charge in [0.05, 0.1) is 16.6 Å². The van der Waals surface area contributed by atoms with Gasteiger partial charge in [0.2, 0.25) is 0 Å². The molecule has 0 atom stereocenters. The van der Waals surface area contributed by atoms with Gasteiger partial charge >= 0.3 is 0 Å². The number of para-hydroxylation sites is 2. The molecule has 0 saturated heterocycles. The molecule has 2 aromatic heterocycles. The van der Waals surface area contributed by atoms with Gasteiger partial charge in [0.15, 0.2) is 0 Å². The van der Waals surface area contributed by atoms with Crippen molar-refractivity contribution in [3.8, 4) is 0 Å². The highest BCUT2D eigenvalue weighted by Crippen LogP contribution is 2.43. The predicted molar refractivity (Wildman–Crippen MR) is 140 cm³/mol. The lowest BCUT2D eigenvalue weighted by Crippen LogP contribution is -1.95. The number of aromatic nitrogens is 2. The summed E-state index contributed by atoms with van der Waals surface area (Å²) in [6.07, 6.45) is 0. The maximum absolute atomic E-state index is 5.19. The molecule has 0 aliphatic rings. The number of nitrogens with zero attached hydrogens (tertiary/aromatic N) is 2. The monoisotopic (exact) mass is 418 g/mol. The maximum Gasteiger partial charge on any atom is 0.147 e. The van der Waals surface area contributed by atoms with E-state index in [2.05, 4.69) is 114 Å². The van der Waals surface area contributed by atoms with Crippen molar-refractivity contribution >= 4 is 70.7 Å². The topological polar surface area (TPSA) is 17.3 Å². The molecule has 0 aliphatic heterocycles. The van der Waals surface area contributed by atoms with Crippen LogP contribution in [-0.2, 0) is 0 Å².